The molecule has 1 saturated heterocycles. The summed E-state index contributed by atoms with van der Waals surface area (Å²) in [6.07, 6.45) is 2.72. The van der Waals surface area contributed by atoms with E-state index in [9.17, 15) is 14.3 Å². The number of thioether (sulfide) groups is 1. The van der Waals surface area contributed by atoms with Crippen LogP contribution in [-0.4, -0.2) is 54.1 Å². The van der Waals surface area contributed by atoms with E-state index in [4.69, 9.17) is 4.74 Å². The summed E-state index contributed by atoms with van der Waals surface area (Å²) >= 11 is 1.69. The molecule has 138 valence electrons. The molecule has 2 aliphatic rings. The van der Waals surface area contributed by atoms with E-state index >= 15 is 0 Å². The predicted octanol–water partition coefficient (Wildman–Crippen LogP) is 2.84. The van der Waals surface area contributed by atoms with Gasteiger partial charge in [0.2, 0.25) is 5.91 Å². The van der Waals surface area contributed by atoms with Gasteiger partial charge in [0.25, 0.3) is 0 Å². The Morgan fingerprint density at radius 3 is 2.64 bits per heavy atom. The van der Waals surface area contributed by atoms with E-state index in [1.165, 1.54) is 12.1 Å². The zero-order valence-electron chi connectivity index (χ0n) is 14.6. The predicted molar refractivity (Wildman–Crippen MR) is 96.8 cm³/mol. The van der Waals surface area contributed by atoms with Crippen molar-refractivity contribution < 1.29 is 19.0 Å². The molecule has 6 heteroatoms. The summed E-state index contributed by atoms with van der Waals surface area (Å²) in [4.78, 5) is 14.3. The van der Waals surface area contributed by atoms with Crippen molar-refractivity contribution in [3.8, 4) is 0 Å². The summed E-state index contributed by atoms with van der Waals surface area (Å²) in [6, 6.07) is 6.49. The Labute approximate surface area is 152 Å². The van der Waals surface area contributed by atoms with Crippen molar-refractivity contribution in [3.63, 3.8) is 0 Å². The average molecular weight is 367 g/mol. The zero-order valence-corrected chi connectivity index (χ0v) is 15.4. The van der Waals surface area contributed by atoms with Crippen molar-refractivity contribution >= 4 is 17.7 Å². The fourth-order valence-electron chi connectivity index (χ4n) is 3.97. The second-order valence-corrected chi connectivity index (χ2v) is 8.12. The first-order valence-electron chi connectivity index (χ1n) is 8.86. The van der Waals surface area contributed by atoms with Crippen LogP contribution >= 0.6 is 11.8 Å². The van der Waals surface area contributed by atoms with Gasteiger partial charge in [-0.05, 0) is 30.5 Å². The molecule has 0 radical (unpaired) electrons. The minimum atomic E-state index is -0.291. The number of amides is 1. The molecule has 1 amide bonds. The molecule has 1 aliphatic heterocycles. The summed E-state index contributed by atoms with van der Waals surface area (Å²) < 4.78 is 18.3. The number of halogens is 1. The first kappa shape index (κ1) is 18.7. The van der Waals surface area contributed by atoms with Crippen molar-refractivity contribution in [2.75, 3.05) is 26.0 Å². The molecule has 25 heavy (non-hydrogen) atoms. The van der Waals surface area contributed by atoms with E-state index in [0.29, 0.717) is 25.9 Å². The molecule has 0 aromatic heterocycles. The number of hydrogen-bond donors (Lipinski definition) is 1. The molecule has 1 saturated carbocycles. The molecular weight excluding hydrogens is 341 g/mol. The molecule has 1 heterocycles. The second-order valence-electron chi connectivity index (χ2n) is 7.02. The highest BCUT2D eigenvalue weighted by atomic mass is 32.2. The highest BCUT2D eigenvalue weighted by Gasteiger charge is 2.56. The van der Waals surface area contributed by atoms with E-state index < -0.39 is 0 Å². The zero-order chi connectivity index (χ0) is 17.9. The Balaban J connectivity index is 1.37. The number of ether oxygens (including phenoxy) is 1. The number of aliphatic hydroxyl groups is 1. The Morgan fingerprint density at radius 1 is 1.36 bits per heavy atom. The smallest absolute Gasteiger partial charge is 0.223 e. The van der Waals surface area contributed by atoms with Gasteiger partial charge in [-0.1, -0.05) is 12.1 Å². The average Bonchev–Trinajstić information content (AvgIpc) is 2.64. The lowest BCUT2D eigenvalue weighted by atomic mass is 9.58. The molecule has 1 aromatic carbocycles. The Bertz CT molecular complexity index is 587. The van der Waals surface area contributed by atoms with Crippen LogP contribution in [0.2, 0.25) is 0 Å². The van der Waals surface area contributed by atoms with E-state index in [1.807, 2.05) is 4.90 Å². The molecule has 0 unspecified atom stereocenters. The highest BCUT2D eigenvalue weighted by molar-refractivity contribution is 7.98. The number of aliphatic hydroxyl groups excluding tert-OH is 1. The Hall–Kier alpha value is -1.11. The van der Waals surface area contributed by atoms with E-state index in [-0.39, 0.29) is 29.3 Å². The summed E-state index contributed by atoms with van der Waals surface area (Å²) in [5.41, 5.74) is 0.936. The van der Waals surface area contributed by atoms with Crippen molar-refractivity contribution in [1.82, 2.24) is 4.90 Å². The standard InChI is InChI=1S/C19H26FNO3S/c1-24-17-12-16(22)19(17)7-9-21(10-8-19)18(23)6-11-25-13-14-2-4-15(20)5-3-14/h2-5,16-17,22H,6-13H2,1H3/t16-,17+/m1/s1. The normalized spacial score (nSPS) is 25.0. The van der Waals surface area contributed by atoms with Crippen LogP contribution in [0.4, 0.5) is 4.39 Å². The lowest BCUT2D eigenvalue weighted by molar-refractivity contribution is -0.202. The van der Waals surface area contributed by atoms with Crippen LogP contribution < -0.4 is 0 Å². The maximum atomic E-state index is 12.9. The van der Waals surface area contributed by atoms with Crippen LogP contribution in [0.15, 0.2) is 24.3 Å². The molecule has 2 fully saturated rings. The van der Waals surface area contributed by atoms with Gasteiger partial charge in [0.05, 0.1) is 12.2 Å². The fraction of sp³-hybridized carbons (Fsp3) is 0.632. The van der Waals surface area contributed by atoms with Crippen LogP contribution in [-0.2, 0) is 15.3 Å². The van der Waals surface area contributed by atoms with Gasteiger partial charge in [0, 0.05) is 50.0 Å². The van der Waals surface area contributed by atoms with Gasteiger partial charge in [0.1, 0.15) is 5.82 Å². The molecule has 1 aromatic rings. The van der Waals surface area contributed by atoms with Crippen LogP contribution in [0.5, 0.6) is 0 Å². The lowest BCUT2D eigenvalue weighted by Gasteiger charge is -2.56. The number of rotatable bonds is 6. The summed E-state index contributed by atoms with van der Waals surface area (Å²) in [6.45, 7) is 1.41. The summed E-state index contributed by atoms with van der Waals surface area (Å²) in [7, 11) is 1.70. The number of methoxy groups -OCH3 is 1. The van der Waals surface area contributed by atoms with Crippen molar-refractivity contribution in [2.45, 2.75) is 43.6 Å². The summed E-state index contributed by atoms with van der Waals surface area (Å²) in [5, 5.41) is 10.1. The number of piperidine rings is 1. The fourth-order valence-corrected chi connectivity index (χ4v) is 4.86. The van der Waals surface area contributed by atoms with E-state index in [1.54, 1.807) is 31.0 Å². The maximum absolute atomic E-state index is 12.9. The van der Waals surface area contributed by atoms with Crippen LogP contribution in [0.1, 0.15) is 31.2 Å². The minimum Gasteiger partial charge on any atom is -0.392 e. The SMILES string of the molecule is CO[C@H]1C[C@@H](O)C12CCN(C(=O)CCSCc1ccc(F)cc1)CC2. The molecule has 3 rings (SSSR count). The number of carbonyl (C=O) groups excluding carboxylic acids is 1. The van der Waals surface area contributed by atoms with Gasteiger partial charge in [-0.25, -0.2) is 4.39 Å². The number of likely N-dealkylation sites (tertiary alicyclic amines) is 1. The first-order chi connectivity index (χ1) is 12.0. The van der Waals surface area contributed by atoms with Gasteiger partial charge >= 0.3 is 0 Å². The van der Waals surface area contributed by atoms with E-state index in [2.05, 4.69) is 0 Å². The summed E-state index contributed by atoms with van der Waals surface area (Å²) in [5.74, 6) is 1.52. The molecular formula is C19H26FNO3S. The molecule has 2 atom stereocenters. The monoisotopic (exact) mass is 367 g/mol. The molecule has 0 bridgehead atoms. The maximum Gasteiger partial charge on any atom is 0.223 e. The third-order valence-electron chi connectivity index (χ3n) is 5.72. The number of carbonyl (C=O) groups is 1. The van der Waals surface area contributed by atoms with Crippen molar-refractivity contribution in [2.24, 2.45) is 5.41 Å². The quantitative estimate of drug-likeness (QED) is 0.786. The molecule has 1 spiro atoms. The van der Waals surface area contributed by atoms with Gasteiger partial charge in [-0.2, -0.15) is 11.8 Å². The molecule has 4 nitrogen and oxygen atoms in total. The minimum absolute atomic E-state index is 0.131. The number of benzene rings is 1. The van der Waals surface area contributed by atoms with Gasteiger partial charge in [-0.15, -0.1) is 0 Å². The Kier molecular flexibility index (Phi) is 6.02. The first-order valence-corrected chi connectivity index (χ1v) is 10.0. The Morgan fingerprint density at radius 2 is 2.04 bits per heavy atom. The van der Waals surface area contributed by atoms with E-state index in [0.717, 1.165) is 29.9 Å². The van der Waals surface area contributed by atoms with Crippen molar-refractivity contribution in [1.29, 1.82) is 0 Å². The number of hydrogen-bond acceptors (Lipinski definition) is 4. The molecule has 1 N–H and O–H groups in total. The third-order valence-corrected chi connectivity index (χ3v) is 6.75. The highest BCUT2D eigenvalue weighted by Crippen LogP contribution is 2.50. The van der Waals surface area contributed by atoms with Gasteiger partial charge in [0.15, 0.2) is 0 Å². The number of nitrogens with zero attached hydrogens (tertiary/aromatic N) is 1. The van der Waals surface area contributed by atoms with Crippen LogP contribution in [0, 0.1) is 11.2 Å². The largest absolute Gasteiger partial charge is 0.392 e. The van der Waals surface area contributed by atoms with Gasteiger partial charge in [-0.3, -0.25) is 4.79 Å². The third kappa shape index (κ3) is 4.01. The van der Waals surface area contributed by atoms with Crippen LogP contribution in [0.3, 0.4) is 0 Å². The van der Waals surface area contributed by atoms with Gasteiger partial charge < -0.3 is 14.7 Å². The topological polar surface area (TPSA) is 49.8 Å². The lowest BCUT2D eigenvalue weighted by Crippen LogP contribution is -2.62. The second kappa shape index (κ2) is 8.06. The molecule has 1 aliphatic carbocycles. The van der Waals surface area contributed by atoms with Crippen LogP contribution in [0.25, 0.3) is 0 Å². The van der Waals surface area contributed by atoms with Crippen molar-refractivity contribution in [3.05, 3.63) is 35.6 Å².